The fourth-order valence-corrected chi connectivity index (χ4v) is 1.79. The molecule has 3 nitrogen and oxygen atoms in total. The van der Waals surface area contributed by atoms with E-state index < -0.39 is 0 Å². The number of unbranched alkanes of at least 4 members (excludes halogenated alkanes) is 1. The molecule has 0 spiro atoms. The highest BCUT2D eigenvalue weighted by atomic mass is 16.7. The van der Waals surface area contributed by atoms with Crippen molar-refractivity contribution in [2.75, 3.05) is 13.4 Å². The largest absolute Gasteiger partial charge is 0.370 e. The Balaban J connectivity index is 1.65. The molecule has 1 aliphatic rings. The molecule has 19 heavy (non-hydrogen) atoms. The van der Waals surface area contributed by atoms with Crippen molar-refractivity contribution in [3.8, 4) is 0 Å². The molecule has 0 aromatic heterocycles. The number of allylic oxidation sites excluding steroid dienone is 1. The number of rotatable bonds is 9. The Bertz CT molecular complexity index is 371. The number of hydrogen-bond donors (Lipinski definition) is 0. The van der Waals surface area contributed by atoms with E-state index in [1.54, 1.807) is 0 Å². The molecule has 0 saturated carbocycles. The van der Waals surface area contributed by atoms with Crippen LogP contribution in [0.25, 0.3) is 0 Å². The Morgan fingerprint density at radius 3 is 2.84 bits per heavy atom. The van der Waals surface area contributed by atoms with Crippen LogP contribution >= 0.6 is 0 Å². The van der Waals surface area contributed by atoms with E-state index in [2.05, 4.69) is 19.1 Å². The van der Waals surface area contributed by atoms with Gasteiger partial charge in [-0.3, -0.25) is 0 Å². The van der Waals surface area contributed by atoms with Crippen LogP contribution in [-0.4, -0.2) is 25.6 Å². The summed E-state index contributed by atoms with van der Waals surface area (Å²) in [7, 11) is 0. The summed E-state index contributed by atoms with van der Waals surface area (Å²) in [5.41, 5.74) is 1.16. The van der Waals surface area contributed by atoms with E-state index in [0.29, 0.717) is 13.4 Å². The monoisotopic (exact) mass is 262 g/mol. The van der Waals surface area contributed by atoms with Gasteiger partial charge < -0.3 is 14.2 Å². The molecule has 1 saturated heterocycles. The average molecular weight is 262 g/mol. The zero-order chi connectivity index (χ0) is 13.3. The van der Waals surface area contributed by atoms with Crippen LogP contribution in [0.15, 0.2) is 42.5 Å². The maximum Gasteiger partial charge on any atom is 0.148 e. The zero-order valence-corrected chi connectivity index (χ0v) is 11.5. The maximum atomic E-state index is 5.70. The van der Waals surface area contributed by atoms with Crippen LogP contribution in [0.4, 0.5) is 0 Å². The van der Waals surface area contributed by atoms with Crippen LogP contribution < -0.4 is 0 Å². The molecule has 0 amide bonds. The molecule has 0 unspecified atom stereocenters. The Morgan fingerprint density at radius 1 is 1.37 bits per heavy atom. The summed E-state index contributed by atoms with van der Waals surface area (Å²) in [6.45, 7) is 3.84. The number of epoxide rings is 1. The van der Waals surface area contributed by atoms with Crippen LogP contribution in [0.2, 0.25) is 0 Å². The van der Waals surface area contributed by atoms with Crippen LogP contribution in [0.1, 0.15) is 25.3 Å². The first kappa shape index (κ1) is 14.3. The quantitative estimate of drug-likeness (QED) is 0.296. The molecule has 1 heterocycles. The normalized spacial score (nSPS) is 19.7. The first-order valence-electron chi connectivity index (χ1n) is 6.91. The van der Waals surface area contributed by atoms with Gasteiger partial charge in [-0.1, -0.05) is 55.8 Å². The van der Waals surface area contributed by atoms with Gasteiger partial charge >= 0.3 is 0 Å². The highest BCUT2D eigenvalue weighted by molar-refractivity contribution is 5.13. The molecule has 0 aliphatic carbocycles. The number of hydrogen-bond acceptors (Lipinski definition) is 3. The summed E-state index contributed by atoms with van der Waals surface area (Å²) in [4.78, 5) is 0. The second kappa shape index (κ2) is 8.10. The Morgan fingerprint density at radius 2 is 2.16 bits per heavy atom. The summed E-state index contributed by atoms with van der Waals surface area (Å²) in [5.74, 6) is 0. The number of benzene rings is 1. The van der Waals surface area contributed by atoms with E-state index in [-0.39, 0.29) is 12.2 Å². The van der Waals surface area contributed by atoms with Crippen LogP contribution in [0.3, 0.4) is 0 Å². The Labute approximate surface area is 115 Å². The molecule has 0 radical (unpaired) electrons. The van der Waals surface area contributed by atoms with Crippen LogP contribution in [0.5, 0.6) is 0 Å². The second-order valence-electron chi connectivity index (χ2n) is 4.67. The third kappa shape index (κ3) is 5.55. The topological polar surface area (TPSA) is 31.0 Å². The predicted octanol–water partition coefficient (Wildman–Crippen LogP) is 3.30. The van der Waals surface area contributed by atoms with Gasteiger partial charge in [0.15, 0.2) is 0 Å². The van der Waals surface area contributed by atoms with Crippen molar-refractivity contribution in [3.63, 3.8) is 0 Å². The van der Waals surface area contributed by atoms with Gasteiger partial charge in [-0.15, -0.1) is 0 Å². The molecular weight excluding hydrogens is 240 g/mol. The van der Waals surface area contributed by atoms with Crippen molar-refractivity contribution < 1.29 is 14.2 Å². The third-order valence-electron chi connectivity index (χ3n) is 2.96. The smallest absolute Gasteiger partial charge is 0.148 e. The van der Waals surface area contributed by atoms with Gasteiger partial charge in [0.1, 0.15) is 19.0 Å². The summed E-state index contributed by atoms with van der Waals surface area (Å²) in [6, 6.07) is 10.1. The second-order valence-corrected chi connectivity index (χ2v) is 4.67. The maximum absolute atomic E-state index is 5.70. The van der Waals surface area contributed by atoms with Crippen molar-refractivity contribution in [3.05, 3.63) is 48.0 Å². The first-order valence-corrected chi connectivity index (χ1v) is 6.91. The third-order valence-corrected chi connectivity index (χ3v) is 2.96. The van der Waals surface area contributed by atoms with E-state index >= 15 is 0 Å². The van der Waals surface area contributed by atoms with Crippen molar-refractivity contribution >= 4 is 0 Å². The van der Waals surface area contributed by atoms with Gasteiger partial charge in [0.25, 0.3) is 0 Å². The van der Waals surface area contributed by atoms with Crippen molar-refractivity contribution in [1.82, 2.24) is 0 Å². The zero-order valence-electron chi connectivity index (χ0n) is 11.5. The summed E-state index contributed by atoms with van der Waals surface area (Å²) >= 11 is 0. The standard InChI is InChI=1S/C16H22O3/c1-2-3-5-10-15(16-12-18-16)19-13-17-11-14-8-6-4-7-9-14/h4-10,15-16H,2-3,11-13H2,1H3/b10-5+/t15-,16-/m1/s1. The molecule has 0 bridgehead atoms. The lowest BCUT2D eigenvalue weighted by Crippen LogP contribution is -2.19. The average Bonchev–Trinajstić information content (AvgIpc) is 3.27. The molecule has 1 aromatic carbocycles. The van der Waals surface area contributed by atoms with Crippen molar-refractivity contribution in [2.45, 2.75) is 38.6 Å². The molecule has 2 atom stereocenters. The highest BCUT2D eigenvalue weighted by Crippen LogP contribution is 2.18. The van der Waals surface area contributed by atoms with E-state index in [1.165, 1.54) is 0 Å². The van der Waals surface area contributed by atoms with Crippen LogP contribution in [-0.2, 0) is 20.8 Å². The number of ether oxygens (including phenoxy) is 3. The van der Waals surface area contributed by atoms with E-state index in [0.717, 1.165) is 25.0 Å². The fraction of sp³-hybridized carbons (Fsp3) is 0.500. The highest BCUT2D eigenvalue weighted by Gasteiger charge is 2.31. The molecule has 1 aromatic rings. The SMILES string of the molecule is CCC/C=C/[C@@H](OCOCc1ccccc1)[C@H]1CO1. The van der Waals surface area contributed by atoms with E-state index in [4.69, 9.17) is 14.2 Å². The minimum absolute atomic E-state index is 0.0299. The lowest BCUT2D eigenvalue weighted by atomic mass is 10.2. The van der Waals surface area contributed by atoms with Crippen LogP contribution in [0, 0.1) is 0 Å². The van der Waals surface area contributed by atoms with Gasteiger partial charge in [-0.05, 0) is 12.0 Å². The van der Waals surface area contributed by atoms with Gasteiger partial charge in [0.05, 0.1) is 13.2 Å². The molecule has 1 fully saturated rings. The lowest BCUT2D eigenvalue weighted by molar-refractivity contribution is -0.0878. The first-order chi connectivity index (χ1) is 9.40. The summed E-state index contributed by atoms with van der Waals surface area (Å²) < 4.78 is 16.5. The molecule has 2 rings (SSSR count). The summed E-state index contributed by atoms with van der Waals surface area (Å²) in [5, 5.41) is 0. The van der Waals surface area contributed by atoms with Gasteiger partial charge in [-0.25, -0.2) is 0 Å². The molecular formula is C16H22O3. The van der Waals surface area contributed by atoms with Gasteiger partial charge in [0.2, 0.25) is 0 Å². The van der Waals surface area contributed by atoms with E-state index in [1.807, 2.05) is 30.3 Å². The lowest BCUT2D eigenvalue weighted by Gasteiger charge is -2.12. The minimum atomic E-state index is 0.0299. The van der Waals surface area contributed by atoms with Crippen molar-refractivity contribution in [2.24, 2.45) is 0 Å². The fourth-order valence-electron chi connectivity index (χ4n) is 1.79. The van der Waals surface area contributed by atoms with Gasteiger partial charge in [-0.2, -0.15) is 0 Å². The van der Waals surface area contributed by atoms with E-state index in [9.17, 15) is 0 Å². The Hall–Kier alpha value is -1.16. The predicted molar refractivity (Wildman–Crippen MR) is 74.8 cm³/mol. The Kier molecular flexibility index (Phi) is 6.08. The molecule has 104 valence electrons. The molecule has 1 aliphatic heterocycles. The van der Waals surface area contributed by atoms with Gasteiger partial charge in [0, 0.05) is 0 Å². The molecule has 3 heteroatoms. The molecule has 0 N–H and O–H groups in total. The van der Waals surface area contributed by atoms with Crippen molar-refractivity contribution in [1.29, 1.82) is 0 Å². The summed E-state index contributed by atoms with van der Waals surface area (Å²) in [6.07, 6.45) is 6.73. The minimum Gasteiger partial charge on any atom is -0.370 e.